The number of carbonyl (C=O) groups is 1. The molecule has 2 fully saturated rings. The molecule has 6 heteroatoms. The molecule has 1 saturated heterocycles. The van der Waals surface area contributed by atoms with Gasteiger partial charge in [-0.15, -0.1) is 0 Å². The average molecular weight is 405 g/mol. The minimum absolute atomic E-state index is 0.334. The summed E-state index contributed by atoms with van der Waals surface area (Å²) in [5.41, 5.74) is 2.66. The zero-order valence-corrected chi connectivity index (χ0v) is 17.0. The topological polar surface area (TPSA) is 63.2 Å². The first kappa shape index (κ1) is 19.1. The highest BCUT2D eigenvalue weighted by molar-refractivity contribution is 5.88. The van der Waals surface area contributed by atoms with Gasteiger partial charge in [0.1, 0.15) is 5.60 Å². The Kier molecular flexibility index (Phi) is 5.17. The summed E-state index contributed by atoms with van der Waals surface area (Å²) in [4.78, 5) is 20.2. The predicted molar refractivity (Wildman–Crippen MR) is 116 cm³/mol. The van der Waals surface area contributed by atoms with Crippen LogP contribution in [0.25, 0.3) is 0 Å². The highest BCUT2D eigenvalue weighted by Crippen LogP contribution is 2.44. The Morgan fingerprint density at radius 3 is 2.47 bits per heavy atom. The first-order valence-electron chi connectivity index (χ1n) is 10.8. The van der Waals surface area contributed by atoms with Crippen molar-refractivity contribution in [3.63, 3.8) is 0 Å². The number of piperidine rings is 1. The van der Waals surface area contributed by atoms with Crippen molar-refractivity contribution >= 4 is 17.5 Å². The lowest BCUT2D eigenvalue weighted by Crippen LogP contribution is -2.51. The number of para-hydroxylation sites is 2. The molecule has 0 radical (unpaired) electrons. The SMILES string of the molecule is O=C1Nc2ccccc2C2(CCN(C3CCC(=NOc4ccccc4)CC3)CC2)O1. The Balaban J connectivity index is 1.18. The maximum absolute atomic E-state index is 12.1. The number of nitrogens with one attached hydrogen (secondary N) is 1. The highest BCUT2D eigenvalue weighted by Gasteiger charge is 2.45. The molecule has 6 nitrogen and oxygen atoms in total. The van der Waals surface area contributed by atoms with Crippen LogP contribution >= 0.6 is 0 Å². The Bertz CT molecular complexity index is 926. The van der Waals surface area contributed by atoms with Crippen LogP contribution in [0.5, 0.6) is 5.75 Å². The number of amides is 1. The van der Waals surface area contributed by atoms with E-state index < -0.39 is 5.60 Å². The number of ether oxygens (including phenoxy) is 1. The fraction of sp³-hybridized carbons (Fsp3) is 0.417. The first-order valence-corrected chi connectivity index (χ1v) is 10.8. The summed E-state index contributed by atoms with van der Waals surface area (Å²) in [7, 11) is 0. The molecule has 2 aromatic rings. The van der Waals surface area contributed by atoms with Crippen LogP contribution in [0.4, 0.5) is 10.5 Å². The maximum Gasteiger partial charge on any atom is 0.412 e. The Labute approximate surface area is 176 Å². The average Bonchev–Trinajstić information content (AvgIpc) is 2.79. The molecular formula is C24H27N3O3. The summed E-state index contributed by atoms with van der Waals surface area (Å²) >= 11 is 0. The number of hydrogen-bond acceptors (Lipinski definition) is 5. The van der Waals surface area contributed by atoms with Gasteiger partial charge in [0.25, 0.3) is 0 Å². The number of fused-ring (bicyclic) bond motifs is 2. The van der Waals surface area contributed by atoms with E-state index in [1.54, 1.807) is 0 Å². The van der Waals surface area contributed by atoms with E-state index in [0.717, 1.165) is 74.3 Å². The summed E-state index contributed by atoms with van der Waals surface area (Å²) < 4.78 is 5.86. The fourth-order valence-electron chi connectivity index (χ4n) is 4.97. The minimum Gasteiger partial charge on any atom is -0.438 e. The third kappa shape index (κ3) is 3.79. The maximum atomic E-state index is 12.1. The van der Waals surface area contributed by atoms with Crippen LogP contribution in [0, 0.1) is 0 Å². The fourth-order valence-corrected chi connectivity index (χ4v) is 4.97. The second kappa shape index (κ2) is 8.11. The lowest BCUT2D eigenvalue weighted by molar-refractivity contribution is -0.0472. The molecule has 3 aliphatic rings. The van der Waals surface area contributed by atoms with E-state index in [9.17, 15) is 4.79 Å². The number of anilines is 1. The van der Waals surface area contributed by atoms with Crippen LogP contribution in [0.3, 0.4) is 0 Å². The van der Waals surface area contributed by atoms with Gasteiger partial charge in [-0.05, 0) is 43.9 Å². The molecule has 0 atom stereocenters. The van der Waals surface area contributed by atoms with E-state index in [4.69, 9.17) is 9.57 Å². The first-order chi connectivity index (χ1) is 14.7. The molecular weight excluding hydrogens is 378 g/mol. The van der Waals surface area contributed by atoms with Crippen molar-refractivity contribution in [2.24, 2.45) is 5.16 Å². The molecule has 0 bridgehead atoms. The number of hydrogen-bond donors (Lipinski definition) is 1. The van der Waals surface area contributed by atoms with Gasteiger partial charge in [0.15, 0.2) is 5.75 Å². The molecule has 2 aromatic carbocycles. The summed E-state index contributed by atoms with van der Waals surface area (Å²) in [6.45, 7) is 1.89. The summed E-state index contributed by atoms with van der Waals surface area (Å²) in [6, 6.07) is 18.3. The Morgan fingerprint density at radius 2 is 1.70 bits per heavy atom. The lowest BCUT2D eigenvalue weighted by atomic mass is 9.81. The molecule has 1 saturated carbocycles. The van der Waals surface area contributed by atoms with Gasteiger partial charge in [0.05, 0.1) is 11.4 Å². The van der Waals surface area contributed by atoms with Crippen LogP contribution < -0.4 is 10.2 Å². The number of benzene rings is 2. The summed E-state index contributed by atoms with van der Waals surface area (Å²) in [6.07, 6.45) is 5.49. The van der Waals surface area contributed by atoms with Crippen LogP contribution in [-0.4, -0.2) is 35.8 Å². The van der Waals surface area contributed by atoms with Crippen LogP contribution in [0.1, 0.15) is 44.1 Å². The number of oxime groups is 1. The standard InChI is InChI=1S/C24H27N3O3/c28-23-25-22-9-5-4-8-21(22)24(29-23)14-16-27(17-15-24)19-12-10-18(11-13-19)26-30-20-6-2-1-3-7-20/h1-9,19H,10-17H2,(H,25,28). The molecule has 30 heavy (non-hydrogen) atoms. The monoisotopic (exact) mass is 405 g/mol. The van der Waals surface area contributed by atoms with Gasteiger partial charge in [-0.1, -0.05) is 41.6 Å². The van der Waals surface area contributed by atoms with Gasteiger partial charge in [0.2, 0.25) is 0 Å². The van der Waals surface area contributed by atoms with Crippen molar-refractivity contribution in [3.8, 4) is 5.75 Å². The van der Waals surface area contributed by atoms with E-state index in [1.807, 2.05) is 48.5 Å². The molecule has 1 aliphatic carbocycles. The summed E-state index contributed by atoms with van der Waals surface area (Å²) in [5, 5.41) is 7.20. The van der Waals surface area contributed by atoms with Crippen LogP contribution in [-0.2, 0) is 10.3 Å². The number of carbonyl (C=O) groups excluding carboxylic acids is 1. The third-order valence-electron chi connectivity index (χ3n) is 6.62. The Morgan fingerprint density at radius 1 is 1.00 bits per heavy atom. The number of rotatable bonds is 3. The minimum atomic E-state index is -0.486. The molecule has 1 N–H and O–H groups in total. The highest BCUT2D eigenvalue weighted by atomic mass is 16.6. The molecule has 0 aromatic heterocycles. The van der Waals surface area contributed by atoms with E-state index in [2.05, 4.69) is 21.4 Å². The molecule has 2 heterocycles. The molecule has 1 amide bonds. The summed E-state index contributed by atoms with van der Waals surface area (Å²) in [5.74, 6) is 0.783. The second-order valence-electron chi connectivity index (χ2n) is 8.38. The van der Waals surface area contributed by atoms with Crippen LogP contribution in [0.2, 0.25) is 0 Å². The van der Waals surface area contributed by atoms with Crippen molar-refractivity contribution < 1.29 is 14.4 Å². The number of nitrogens with zero attached hydrogens (tertiary/aromatic N) is 2. The zero-order chi connectivity index (χ0) is 20.4. The van der Waals surface area contributed by atoms with Crippen molar-refractivity contribution in [2.45, 2.75) is 50.2 Å². The molecule has 5 rings (SSSR count). The Hall–Kier alpha value is -2.86. The smallest absolute Gasteiger partial charge is 0.412 e. The quantitative estimate of drug-likeness (QED) is 0.737. The number of likely N-dealkylation sites (tertiary alicyclic amines) is 1. The predicted octanol–water partition coefficient (Wildman–Crippen LogP) is 4.92. The van der Waals surface area contributed by atoms with Gasteiger partial charge >= 0.3 is 6.09 Å². The molecule has 0 unspecified atom stereocenters. The lowest BCUT2D eigenvalue weighted by Gasteiger charge is -2.46. The van der Waals surface area contributed by atoms with Crippen molar-refractivity contribution in [1.82, 2.24) is 4.90 Å². The van der Waals surface area contributed by atoms with E-state index in [-0.39, 0.29) is 6.09 Å². The van der Waals surface area contributed by atoms with Gasteiger partial charge in [-0.2, -0.15) is 0 Å². The van der Waals surface area contributed by atoms with E-state index in [0.29, 0.717) is 6.04 Å². The van der Waals surface area contributed by atoms with Gasteiger partial charge in [0, 0.05) is 37.5 Å². The largest absolute Gasteiger partial charge is 0.438 e. The second-order valence-corrected chi connectivity index (χ2v) is 8.38. The zero-order valence-electron chi connectivity index (χ0n) is 17.0. The van der Waals surface area contributed by atoms with Gasteiger partial charge in [-0.25, -0.2) is 4.79 Å². The molecule has 156 valence electrons. The van der Waals surface area contributed by atoms with Crippen molar-refractivity contribution in [2.75, 3.05) is 18.4 Å². The normalized spacial score (nSPS) is 23.3. The van der Waals surface area contributed by atoms with Crippen molar-refractivity contribution in [3.05, 3.63) is 60.2 Å². The molecule has 1 spiro atoms. The van der Waals surface area contributed by atoms with Crippen molar-refractivity contribution in [1.29, 1.82) is 0 Å². The van der Waals surface area contributed by atoms with Gasteiger partial charge in [-0.3, -0.25) is 5.32 Å². The van der Waals surface area contributed by atoms with E-state index >= 15 is 0 Å². The third-order valence-corrected chi connectivity index (χ3v) is 6.62. The van der Waals surface area contributed by atoms with E-state index in [1.165, 1.54) is 0 Å². The molecule has 2 aliphatic heterocycles. The van der Waals surface area contributed by atoms with Gasteiger partial charge < -0.3 is 14.5 Å². The van der Waals surface area contributed by atoms with Crippen LogP contribution in [0.15, 0.2) is 59.8 Å².